The zero-order chi connectivity index (χ0) is 54.1. The molecule has 11 atom stereocenters. The van der Waals surface area contributed by atoms with Crippen molar-refractivity contribution in [3.05, 3.63) is 82.9 Å². The molecule has 2 bridgehead atoms. The Labute approximate surface area is 411 Å². The van der Waals surface area contributed by atoms with Gasteiger partial charge in [0.1, 0.15) is 48.2 Å². The van der Waals surface area contributed by atoms with Crippen molar-refractivity contribution < 1.29 is 85.8 Å². The number of esters is 4. The maximum absolute atomic E-state index is 15.6. The molecule has 0 unspecified atom stereocenters. The molecule has 19 nitrogen and oxygen atoms in total. The monoisotopic (exact) mass is 981 g/mol. The molecule has 1 saturated heterocycles. The first-order chi connectivity index (χ1) is 34.0. The van der Waals surface area contributed by atoms with Crippen LogP contribution in [0.5, 0.6) is 0 Å². The summed E-state index contributed by atoms with van der Waals surface area (Å²) in [6, 6.07) is 13.9. The van der Waals surface area contributed by atoms with Crippen LogP contribution in [0.4, 0.5) is 4.79 Å². The Morgan fingerprint density at radius 3 is 2.23 bits per heavy atom. The van der Waals surface area contributed by atoms with Crippen molar-refractivity contribution in [2.45, 2.75) is 141 Å². The first-order valence-electron chi connectivity index (χ1n) is 24.7. The number of hydrogen-bond acceptors (Lipinski definition) is 17. The lowest BCUT2D eigenvalue weighted by molar-refractivity contribution is -0.347. The molecule has 1 aliphatic heterocycles. The van der Waals surface area contributed by atoms with Crippen molar-refractivity contribution in [2.75, 3.05) is 33.4 Å². The van der Waals surface area contributed by atoms with E-state index in [9.17, 15) is 34.2 Å². The summed E-state index contributed by atoms with van der Waals surface area (Å²) in [5.74, 6) is -7.76. The average molecular weight is 982 g/mol. The van der Waals surface area contributed by atoms with Crippen LogP contribution in [0, 0.1) is 16.7 Å². The fourth-order valence-corrected chi connectivity index (χ4v) is 10.6. The number of ether oxygens (including phenoxy) is 8. The van der Waals surface area contributed by atoms with E-state index < -0.39 is 144 Å². The van der Waals surface area contributed by atoms with Crippen molar-refractivity contribution in [1.29, 1.82) is 0 Å². The second-order valence-electron chi connectivity index (χ2n) is 19.9. The van der Waals surface area contributed by atoms with E-state index in [0.29, 0.717) is 6.61 Å². The molecule has 382 valence electrons. The zero-order valence-corrected chi connectivity index (χ0v) is 40.9. The molecule has 3 aliphatic carbocycles. The number of carbonyl (C=O) groups is 7. The van der Waals surface area contributed by atoms with Crippen molar-refractivity contribution in [3.8, 4) is 0 Å². The highest BCUT2D eigenvalue weighted by atomic mass is 16.6. The van der Waals surface area contributed by atoms with Crippen LogP contribution < -0.4 is 10.6 Å². The van der Waals surface area contributed by atoms with Crippen molar-refractivity contribution in [3.63, 3.8) is 0 Å². The van der Waals surface area contributed by atoms with Crippen LogP contribution in [0.15, 0.2) is 71.8 Å². The minimum Gasteiger partial charge on any atom is -0.455 e. The molecule has 4 aliphatic rings. The van der Waals surface area contributed by atoms with Crippen LogP contribution in [0.1, 0.15) is 108 Å². The second kappa shape index (κ2) is 20.9. The summed E-state index contributed by atoms with van der Waals surface area (Å²) in [5, 5.41) is 31.5. The molecule has 0 spiro atoms. The van der Waals surface area contributed by atoms with Crippen LogP contribution in [-0.4, -0.2) is 139 Å². The van der Waals surface area contributed by atoms with Crippen LogP contribution in [0.2, 0.25) is 0 Å². The summed E-state index contributed by atoms with van der Waals surface area (Å²) in [6.07, 6.45) is -13.0. The third-order valence-corrected chi connectivity index (χ3v) is 14.0. The normalized spacial score (nSPS) is 30.6. The van der Waals surface area contributed by atoms with Gasteiger partial charge in [-0.1, -0.05) is 62.4 Å². The summed E-state index contributed by atoms with van der Waals surface area (Å²) in [6.45, 7) is 12.6. The molecule has 70 heavy (non-hydrogen) atoms. The third kappa shape index (κ3) is 10.4. The zero-order valence-electron chi connectivity index (χ0n) is 43.9. The highest BCUT2D eigenvalue weighted by Gasteiger charge is 2.78. The topological polar surface area (TPSA) is 258 Å². The Balaban J connectivity index is 1.53. The number of amides is 2. The highest BCUT2D eigenvalue weighted by Crippen LogP contribution is 2.64. The van der Waals surface area contributed by atoms with Gasteiger partial charge in [0.15, 0.2) is 11.4 Å². The number of rotatable bonds is 16. The van der Waals surface area contributed by atoms with E-state index in [1.165, 1.54) is 52.0 Å². The predicted octanol–water partition coefficient (Wildman–Crippen LogP) is 4.01. The van der Waals surface area contributed by atoms with E-state index in [1.807, 2.05) is 0 Å². The van der Waals surface area contributed by atoms with Gasteiger partial charge in [-0.2, -0.15) is 0 Å². The van der Waals surface area contributed by atoms with Crippen molar-refractivity contribution >= 4 is 41.7 Å². The number of benzene rings is 2. The fraction of sp³-hybridized carbons (Fsp3) is 0.588. The molecule has 2 amide bonds. The lowest BCUT2D eigenvalue weighted by Gasteiger charge is -2.67. The summed E-state index contributed by atoms with van der Waals surface area (Å²) < 4.78 is 71.4. The van der Waals surface area contributed by atoms with Gasteiger partial charge in [0.05, 0.1) is 40.3 Å². The van der Waals surface area contributed by atoms with Gasteiger partial charge in [-0.3, -0.25) is 19.2 Å². The number of fused-ring (bicyclic) bond motifs is 5. The Morgan fingerprint density at radius 2 is 1.64 bits per heavy atom. The summed E-state index contributed by atoms with van der Waals surface area (Å²) >= 11 is 0. The molecule has 6 rings (SSSR count). The number of alkyl carbamates (subject to hydrolysis) is 1. The lowest BCUT2D eigenvalue weighted by atomic mass is 9.44. The number of aliphatic hydroxyl groups excluding tert-OH is 1. The maximum Gasteiger partial charge on any atom is 0.408 e. The number of hydrogen-bond donors (Lipinski definition) is 4. The van der Waals surface area contributed by atoms with Gasteiger partial charge in [-0.05, 0) is 70.4 Å². The summed E-state index contributed by atoms with van der Waals surface area (Å²) in [5.41, 5.74) is -9.58. The standard InChI is InChI=1S/C51H66N2O17/c1-11-64-23-22-35(55)52-26-36(56)67-40(38(30-18-14-12-15-19-30)53-46(61)70-47(4,5)6)45(60)66-32-25-51(62)43(68-44(59)31-20-16-13-17-21-31)41-49(9,42(58)39(57)37(28(32)2)48(51,7)8)33(63-10)24-34-50(41,27-65-34)69-29(3)54/h12-21,32-34,38-41,43,57,62H,11,22-27H2,1-10H3,(H,52,55)(H,53,61)/t32-,33-,34+,38-,39+,40+,41-,43-,49+,50-,51+/m0/s1/i10D3. The van der Waals surface area contributed by atoms with E-state index >= 15 is 9.59 Å². The molecule has 19 heteroatoms. The number of ketones is 1. The lowest BCUT2D eigenvalue weighted by Crippen LogP contribution is -2.82. The highest BCUT2D eigenvalue weighted by molar-refractivity contribution is 5.94. The smallest absolute Gasteiger partial charge is 0.408 e. The largest absolute Gasteiger partial charge is 0.455 e. The molecule has 0 aromatic heterocycles. The molecule has 2 saturated carbocycles. The van der Waals surface area contributed by atoms with E-state index in [-0.39, 0.29) is 41.7 Å². The Morgan fingerprint density at radius 1 is 0.986 bits per heavy atom. The average Bonchev–Trinajstić information content (AvgIpc) is 3.29. The van der Waals surface area contributed by atoms with E-state index in [4.69, 9.17) is 42.0 Å². The minimum atomic E-state index is -3.15. The Kier molecular flexibility index (Phi) is 14.7. The third-order valence-electron chi connectivity index (χ3n) is 14.0. The second-order valence-corrected chi connectivity index (χ2v) is 19.9. The molecular weight excluding hydrogens is 913 g/mol. The van der Waals surface area contributed by atoms with E-state index in [1.54, 1.807) is 64.1 Å². The van der Waals surface area contributed by atoms with Gasteiger partial charge < -0.3 is 58.7 Å². The van der Waals surface area contributed by atoms with Gasteiger partial charge in [-0.25, -0.2) is 14.4 Å². The molecule has 2 aromatic carbocycles. The molecule has 2 aromatic rings. The van der Waals surface area contributed by atoms with Crippen LogP contribution in [-0.2, 0) is 61.9 Å². The van der Waals surface area contributed by atoms with Gasteiger partial charge >= 0.3 is 30.0 Å². The van der Waals surface area contributed by atoms with Crippen LogP contribution in [0.3, 0.4) is 0 Å². The molecular formula is C51H66N2O17. The van der Waals surface area contributed by atoms with Gasteiger partial charge in [0.2, 0.25) is 12.0 Å². The number of nitrogens with one attached hydrogen (secondary N) is 2. The fourth-order valence-electron chi connectivity index (χ4n) is 10.6. The van der Waals surface area contributed by atoms with Crippen LogP contribution in [0.25, 0.3) is 0 Å². The summed E-state index contributed by atoms with van der Waals surface area (Å²) in [7, 11) is -3.15. The Hall–Kier alpha value is -5.73. The molecule has 1 heterocycles. The van der Waals surface area contributed by atoms with Crippen molar-refractivity contribution in [2.24, 2.45) is 16.7 Å². The number of aliphatic hydroxyl groups is 2. The van der Waals surface area contributed by atoms with Gasteiger partial charge in [0, 0.05) is 45.2 Å². The van der Waals surface area contributed by atoms with Gasteiger partial charge in [-0.15, -0.1) is 0 Å². The predicted molar refractivity (Wildman–Crippen MR) is 246 cm³/mol. The maximum atomic E-state index is 15.6. The quantitative estimate of drug-likeness (QED) is 0.0802. The number of Topliss-reactive ketones (excluding diaryl/α,β-unsaturated/α-hetero) is 1. The van der Waals surface area contributed by atoms with E-state index in [2.05, 4.69) is 10.6 Å². The molecule has 4 N–H and O–H groups in total. The molecule has 3 fully saturated rings. The first kappa shape index (κ1) is 49.3. The summed E-state index contributed by atoms with van der Waals surface area (Å²) in [4.78, 5) is 98.1. The molecule has 0 radical (unpaired) electrons. The SMILES string of the molecule is [2H]C([2H])([2H])O[C@H]1C[C@H]2OC[C@@]2(OC(C)=O)[C@H]2[C@H](OC(=O)c3ccccc3)[C@]3(O)C[C@H](OC(=O)[C@H](OC(=O)CNC(=O)CCOCC)[C@@H](NC(=O)OC(C)(C)C)c4ccccc4)C(C)=C([C@@H](O)C(=O)[C@]12C)C3(C)C. The number of carbonyl (C=O) groups excluding carboxylic acids is 7. The van der Waals surface area contributed by atoms with E-state index in [0.717, 1.165) is 6.92 Å². The van der Waals surface area contributed by atoms with Gasteiger partial charge in [0.25, 0.3) is 0 Å². The minimum absolute atomic E-state index is 0.0154. The van der Waals surface area contributed by atoms with Crippen molar-refractivity contribution in [1.82, 2.24) is 10.6 Å². The number of methoxy groups -OCH3 is 1. The Bertz CT molecular complexity index is 2450. The first-order valence-corrected chi connectivity index (χ1v) is 23.2. The van der Waals surface area contributed by atoms with Crippen LogP contribution >= 0.6 is 0 Å².